The Kier molecular flexibility index (Phi) is 3.33. The average molecular weight is 330 g/mol. The summed E-state index contributed by atoms with van der Waals surface area (Å²) in [6, 6.07) is 18.2. The van der Waals surface area contributed by atoms with E-state index in [0.29, 0.717) is 17.8 Å². The van der Waals surface area contributed by atoms with E-state index in [1.54, 1.807) is 11.3 Å². The average Bonchev–Trinajstić information content (AvgIpc) is 2.89. The first-order valence-corrected chi connectivity index (χ1v) is 9.48. The summed E-state index contributed by atoms with van der Waals surface area (Å²) in [4.78, 5) is 2.52. The fourth-order valence-corrected chi connectivity index (χ4v) is 5.42. The van der Waals surface area contributed by atoms with Crippen LogP contribution in [0.1, 0.15) is 41.1 Å². The van der Waals surface area contributed by atoms with Crippen molar-refractivity contribution in [1.82, 2.24) is 9.47 Å². The minimum Gasteiger partial charge on any atom is -0.344 e. The summed E-state index contributed by atoms with van der Waals surface area (Å²) >= 11 is 0. The number of aryl methyl sites for hydroxylation is 1. The molecule has 2 aromatic carbocycles. The van der Waals surface area contributed by atoms with Crippen LogP contribution in [0.15, 0.2) is 48.5 Å². The van der Waals surface area contributed by atoms with E-state index in [4.69, 9.17) is 0 Å². The van der Waals surface area contributed by atoms with E-state index < -0.39 is 0 Å². The number of aromatic nitrogens is 1. The Morgan fingerprint density at radius 3 is 2.60 bits per heavy atom. The van der Waals surface area contributed by atoms with Gasteiger partial charge in [-0.15, -0.1) is 0 Å². The second-order valence-electron chi connectivity index (χ2n) is 8.21. The lowest BCUT2D eigenvalue weighted by molar-refractivity contribution is 0.205. The van der Waals surface area contributed by atoms with Crippen molar-refractivity contribution in [1.29, 1.82) is 0 Å². The molecule has 3 heterocycles. The predicted octanol–water partition coefficient (Wildman–Crippen LogP) is 4.91. The topological polar surface area (TPSA) is 8.17 Å². The highest BCUT2D eigenvalue weighted by molar-refractivity contribution is 5.87. The van der Waals surface area contributed by atoms with Crippen LogP contribution in [0.2, 0.25) is 0 Å². The summed E-state index contributed by atoms with van der Waals surface area (Å²) in [5, 5.41) is 1.48. The molecule has 0 N–H and O–H groups in total. The molecule has 3 aromatic rings. The number of nitrogens with zero attached hydrogens (tertiary/aromatic N) is 2. The van der Waals surface area contributed by atoms with E-state index in [1.807, 2.05) is 0 Å². The van der Waals surface area contributed by atoms with Gasteiger partial charge in [-0.25, -0.2) is 0 Å². The lowest BCUT2D eigenvalue weighted by atomic mass is 9.71. The van der Waals surface area contributed by atoms with Crippen LogP contribution in [-0.4, -0.2) is 23.1 Å². The molecular formula is C23H26N2. The van der Waals surface area contributed by atoms with Crippen molar-refractivity contribution in [2.24, 2.45) is 5.92 Å². The first kappa shape index (κ1) is 15.2. The van der Waals surface area contributed by atoms with Crippen molar-refractivity contribution in [2.75, 3.05) is 13.6 Å². The van der Waals surface area contributed by atoms with Gasteiger partial charge in [-0.05, 0) is 49.1 Å². The Labute approximate surface area is 150 Å². The fraction of sp³-hybridized carbons (Fsp3) is 0.391. The fourth-order valence-electron chi connectivity index (χ4n) is 5.42. The molecule has 0 aliphatic carbocycles. The largest absolute Gasteiger partial charge is 0.344 e. The molecule has 2 nitrogen and oxygen atoms in total. The zero-order valence-electron chi connectivity index (χ0n) is 15.4. The van der Waals surface area contributed by atoms with E-state index in [2.05, 4.69) is 78.9 Å². The van der Waals surface area contributed by atoms with E-state index >= 15 is 0 Å². The number of rotatable bonds is 1. The van der Waals surface area contributed by atoms with Gasteiger partial charge >= 0.3 is 0 Å². The zero-order valence-corrected chi connectivity index (χ0v) is 15.4. The van der Waals surface area contributed by atoms with Crippen molar-refractivity contribution in [3.05, 3.63) is 70.9 Å². The lowest BCUT2D eigenvalue weighted by Crippen LogP contribution is -2.40. The minimum absolute atomic E-state index is 0.590. The molecular weight excluding hydrogens is 304 g/mol. The molecule has 0 bridgehead atoms. The van der Waals surface area contributed by atoms with Gasteiger partial charge in [-0.2, -0.15) is 0 Å². The van der Waals surface area contributed by atoms with E-state index in [0.717, 1.165) is 19.6 Å². The standard InChI is InChI=1S/C23H26N2/c1-15-9-10-21-18(11-15)19-13-24(3)14-20-22(17-7-5-4-6-8-17)16(2)12-25(21)23(19)20/h4-11,16,20,22H,12-14H2,1-3H3. The molecule has 2 aliphatic rings. The van der Waals surface area contributed by atoms with Gasteiger partial charge in [-0.3, -0.25) is 0 Å². The Hall–Kier alpha value is -2.06. The highest BCUT2D eigenvalue weighted by Crippen LogP contribution is 2.49. The Bertz CT molecular complexity index is 938. The molecule has 25 heavy (non-hydrogen) atoms. The van der Waals surface area contributed by atoms with Crippen molar-refractivity contribution < 1.29 is 0 Å². The molecule has 0 fully saturated rings. The third-order valence-corrected chi connectivity index (χ3v) is 6.36. The maximum absolute atomic E-state index is 2.64. The van der Waals surface area contributed by atoms with Crippen molar-refractivity contribution in [2.45, 2.75) is 38.8 Å². The lowest BCUT2D eigenvalue weighted by Gasteiger charge is -2.43. The monoisotopic (exact) mass is 330 g/mol. The Balaban J connectivity index is 1.76. The van der Waals surface area contributed by atoms with Gasteiger partial charge < -0.3 is 9.47 Å². The van der Waals surface area contributed by atoms with Gasteiger partial charge in [0.1, 0.15) is 0 Å². The van der Waals surface area contributed by atoms with Gasteiger partial charge in [0, 0.05) is 42.1 Å². The highest BCUT2D eigenvalue weighted by atomic mass is 15.1. The molecule has 3 atom stereocenters. The second kappa shape index (κ2) is 5.47. The molecule has 0 radical (unpaired) electrons. The van der Waals surface area contributed by atoms with Crippen LogP contribution in [-0.2, 0) is 13.1 Å². The van der Waals surface area contributed by atoms with E-state index in [-0.39, 0.29) is 0 Å². The summed E-state index contributed by atoms with van der Waals surface area (Å²) in [7, 11) is 2.28. The molecule has 0 spiro atoms. The summed E-state index contributed by atoms with van der Waals surface area (Å²) in [6.07, 6.45) is 0. The van der Waals surface area contributed by atoms with Crippen LogP contribution in [0.3, 0.4) is 0 Å². The molecule has 0 saturated heterocycles. The Morgan fingerprint density at radius 2 is 1.80 bits per heavy atom. The smallest absolute Gasteiger partial charge is 0.0486 e. The van der Waals surface area contributed by atoms with Crippen molar-refractivity contribution in [3.8, 4) is 0 Å². The van der Waals surface area contributed by atoms with Gasteiger partial charge in [0.15, 0.2) is 0 Å². The molecule has 1 aromatic heterocycles. The zero-order chi connectivity index (χ0) is 17.1. The van der Waals surface area contributed by atoms with Gasteiger partial charge in [0.05, 0.1) is 0 Å². The van der Waals surface area contributed by atoms with Gasteiger partial charge in [0.25, 0.3) is 0 Å². The van der Waals surface area contributed by atoms with Crippen LogP contribution in [0, 0.1) is 12.8 Å². The first-order chi connectivity index (χ1) is 12.1. The van der Waals surface area contributed by atoms with E-state index in [9.17, 15) is 0 Å². The number of likely N-dealkylation sites (N-methyl/N-ethyl adjacent to an activating group) is 1. The highest BCUT2D eigenvalue weighted by Gasteiger charge is 2.41. The SMILES string of the molecule is Cc1ccc2c(c1)c1c3n2CC(C)C(c2ccccc2)C3CN(C)C1. The predicted molar refractivity (Wildman–Crippen MR) is 104 cm³/mol. The van der Waals surface area contributed by atoms with Crippen LogP contribution >= 0.6 is 0 Å². The van der Waals surface area contributed by atoms with Gasteiger partial charge in [0.2, 0.25) is 0 Å². The quantitative estimate of drug-likeness (QED) is 0.615. The van der Waals surface area contributed by atoms with Crippen LogP contribution in [0.25, 0.3) is 10.9 Å². The molecule has 3 unspecified atom stereocenters. The minimum atomic E-state index is 0.590. The number of fused-ring (bicyclic) bond motifs is 3. The number of hydrogen-bond acceptors (Lipinski definition) is 1. The summed E-state index contributed by atoms with van der Waals surface area (Å²) < 4.78 is 2.64. The molecule has 2 heteroatoms. The summed E-state index contributed by atoms with van der Waals surface area (Å²) in [6.45, 7) is 8.02. The van der Waals surface area contributed by atoms with E-state index in [1.165, 1.54) is 22.0 Å². The number of benzene rings is 2. The maximum Gasteiger partial charge on any atom is 0.0486 e. The normalized spacial score (nSPS) is 26.0. The van der Waals surface area contributed by atoms with Gasteiger partial charge in [-0.1, -0.05) is 48.9 Å². The molecule has 0 amide bonds. The number of hydrogen-bond donors (Lipinski definition) is 0. The second-order valence-corrected chi connectivity index (χ2v) is 8.21. The molecule has 128 valence electrons. The molecule has 5 rings (SSSR count). The first-order valence-electron chi connectivity index (χ1n) is 9.48. The third-order valence-electron chi connectivity index (χ3n) is 6.36. The third kappa shape index (κ3) is 2.20. The van der Waals surface area contributed by atoms with Crippen molar-refractivity contribution in [3.63, 3.8) is 0 Å². The summed E-state index contributed by atoms with van der Waals surface area (Å²) in [5.74, 6) is 1.85. The molecule has 0 saturated carbocycles. The molecule has 2 aliphatic heterocycles. The maximum atomic E-state index is 2.64. The van der Waals surface area contributed by atoms with Crippen LogP contribution in [0.4, 0.5) is 0 Å². The van der Waals surface area contributed by atoms with Crippen molar-refractivity contribution >= 4 is 10.9 Å². The van der Waals surface area contributed by atoms with Crippen LogP contribution < -0.4 is 0 Å². The van der Waals surface area contributed by atoms with Crippen LogP contribution in [0.5, 0.6) is 0 Å². The summed E-state index contributed by atoms with van der Waals surface area (Å²) in [5.41, 5.74) is 7.50. The Morgan fingerprint density at radius 1 is 1.00 bits per heavy atom.